The number of hydrogen-bond acceptors (Lipinski definition) is 1. The predicted molar refractivity (Wildman–Crippen MR) is 71.0 cm³/mol. The maximum absolute atomic E-state index is 4.64. The lowest BCUT2D eigenvalue weighted by Gasteiger charge is -2.26. The number of para-hydroxylation sites is 2. The molecule has 0 unspecified atom stereocenters. The van der Waals surface area contributed by atoms with Gasteiger partial charge in [0.05, 0.1) is 23.1 Å². The fourth-order valence-electron chi connectivity index (χ4n) is 2.36. The van der Waals surface area contributed by atoms with Gasteiger partial charge in [-0.05, 0) is 39.8 Å². The third kappa shape index (κ3) is 2.67. The maximum Gasteiger partial charge on any atom is 0.162 e. The lowest BCUT2D eigenvalue weighted by molar-refractivity contribution is -0.955. The molecule has 17 heavy (non-hydrogen) atoms. The lowest BCUT2D eigenvalue weighted by Crippen LogP contribution is -3.16. The topological polar surface area (TPSA) is 33.1 Å². The zero-order chi connectivity index (χ0) is 12.4. The molecule has 1 aromatic heterocycles. The Hall–Kier alpha value is -1.35. The fraction of sp³-hybridized carbons (Fsp3) is 0.500. The highest BCUT2D eigenvalue weighted by atomic mass is 15.2. The summed E-state index contributed by atoms with van der Waals surface area (Å²) >= 11 is 0. The second-order valence-electron chi connectivity index (χ2n) is 5.26. The van der Waals surface area contributed by atoms with Gasteiger partial charge < -0.3 is 9.88 Å². The molecule has 2 rings (SSSR count). The number of fused-ring (bicyclic) bond motifs is 1. The van der Waals surface area contributed by atoms with Crippen molar-refractivity contribution in [2.45, 2.75) is 46.3 Å². The number of nitrogens with zero attached hydrogens (tertiary/aromatic N) is 1. The van der Waals surface area contributed by atoms with Gasteiger partial charge in [-0.15, -0.1) is 0 Å². The van der Waals surface area contributed by atoms with Crippen molar-refractivity contribution in [3.05, 3.63) is 30.1 Å². The van der Waals surface area contributed by atoms with E-state index < -0.39 is 0 Å². The standard InChI is InChI=1S/C14H21N3/c1-10(2)17(11(3)4)9-14-15-12-7-5-6-8-13(12)16-14/h5-8,10-11H,9H2,1-4H3,(H,15,16)/p+1. The molecular weight excluding hydrogens is 210 g/mol. The number of hydrogen-bond donors (Lipinski definition) is 2. The number of imidazole rings is 1. The van der Waals surface area contributed by atoms with Crippen LogP contribution in [0.4, 0.5) is 0 Å². The van der Waals surface area contributed by atoms with Crippen LogP contribution in [0.5, 0.6) is 0 Å². The van der Waals surface area contributed by atoms with Crippen LogP contribution in [0.3, 0.4) is 0 Å². The predicted octanol–water partition coefficient (Wildman–Crippen LogP) is 1.76. The summed E-state index contributed by atoms with van der Waals surface area (Å²) in [6.45, 7) is 10.0. The molecule has 3 nitrogen and oxygen atoms in total. The van der Waals surface area contributed by atoms with Crippen LogP contribution < -0.4 is 4.90 Å². The molecule has 0 aliphatic carbocycles. The van der Waals surface area contributed by atoms with Crippen molar-refractivity contribution in [1.82, 2.24) is 9.97 Å². The summed E-state index contributed by atoms with van der Waals surface area (Å²) in [5.74, 6) is 1.09. The molecule has 0 spiro atoms. The molecule has 1 aromatic carbocycles. The highest BCUT2D eigenvalue weighted by Gasteiger charge is 2.19. The van der Waals surface area contributed by atoms with Gasteiger partial charge in [0.1, 0.15) is 6.54 Å². The second kappa shape index (κ2) is 4.88. The SMILES string of the molecule is CC(C)[NH+](Cc1nc2ccccc2[nH]1)C(C)C. The van der Waals surface area contributed by atoms with Crippen LogP contribution >= 0.6 is 0 Å². The van der Waals surface area contributed by atoms with E-state index in [2.05, 4.69) is 49.8 Å². The van der Waals surface area contributed by atoms with Crippen LogP contribution in [0.15, 0.2) is 24.3 Å². The third-order valence-electron chi connectivity index (χ3n) is 3.29. The van der Waals surface area contributed by atoms with Crippen LogP contribution in [-0.2, 0) is 6.54 Å². The first-order valence-corrected chi connectivity index (χ1v) is 6.37. The van der Waals surface area contributed by atoms with Crippen LogP contribution in [0.1, 0.15) is 33.5 Å². The average molecular weight is 232 g/mol. The summed E-state index contributed by atoms with van der Waals surface area (Å²) in [6, 6.07) is 9.43. The van der Waals surface area contributed by atoms with Crippen molar-refractivity contribution in [1.29, 1.82) is 0 Å². The van der Waals surface area contributed by atoms with Crippen molar-refractivity contribution in [3.63, 3.8) is 0 Å². The van der Waals surface area contributed by atoms with Gasteiger partial charge in [0.2, 0.25) is 0 Å². The maximum atomic E-state index is 4.64. The molecule has 0 atom stereocenters. The van der Waals surface area contributed by atoms with Gasteiger partial charge in [-0.1, -0.05) is 12.1 Å². The molecule has 0 saturated carbocycles. The number of benzene rings is 1. The minimum Gasteiger partial charge on any atom is -0.337 e. The molecule has 92 valence electrons. The van der Waals surface area contributed by atoms with Crippen molar-refractivity contribution in [2.24, 2.45) is 0 Å². The Morgan fingerprint density at radius 1 is 1.12 bits per heavy atom. The Labute approximate surface area is 103 Å². The molecule has 2 N–H and O–H groups in total. The van der Waals surface area contributed by atoms with Gasteiger partial charge in [-0.3, -0.25) is 0 Å². The van der Waals surface area contributed by atoms with Gasteiger partial charge in [0.15, 0.2) is 5.82 Å². The molecule has 0 bridgehead atoms. The van der Waals surface area contributed by atoms with E-state index in [9.17, 15) is 0 Å². The Morgan fingerprint density at radius 3 is 2.35 bits per heavy atom. The van der Waals surface area contributed by atoms with Gasteiger partial charge in [0.25, 0.3) is 0 Å². The molecule has 0 saturated heterocycles. The van der Waals surface area contributed by atoms with Crippen molar-refractivity contribution >= 4 is 11.0 Å². The average Bonchev–Trinajstić information content (AvgIpc) is 2.67. The Kier molecular flexibility index (Phi) is 3.48. The third-order valence-corrected chi connectivity index (χ3v) is 3.29. The first kappa shape index (κ1) is 12.1. The van der Waals surface area contributed by atoms with Crippen LogP contribution in [0.25, 0.3) is 11.0 Å². The summed E-state index contributed by atoms with van der Waals surface area (Å²) in [7, 11) is 0. The summed E-state index contributed by atoms with van der Waals surface area (Å²) in [5, 5.41) is 0. The quantitative estimate of drug-likeness (QED) is 0.827. The van der Waals surface area contributed by atoms with Crippen LogP contribution in [0.2, 0.25) is 0 Å². The largest absolute Gasteiger partial charge is 0.337 e. The van der Waals surface area contributed by atoms with E-state index in [0.717, 1.165) is 23.4 Å². The number of quaternary nitrogens is 1. The summed E-state index contributed by atoms with van der Waals surface area (Å²) in [5.41, 5.74) is 2.20. The van der Waals surface area contributed by atoms with Crippen LogP contribution in [-0.4, -0.2) is 22.1 Å². The van der Waals surface area contributed by atoms with Gasteiger partial charge in [-0.2, -0.15) is 0 Å². The van der Waals surface area contributed by atoms with Crippen molar-refractivity contribution in [3.8, 4) is 0 Å². The minimum atomic E-state index is 0.614. The number of rotatable bonds is 4. The van der Waals surface area contributed by atoms with Crippen LogP contribution in [0, 0.1) is 0 Å². The van der Waals surface area contributed by atoms with Gasteiger partial charge >= 0.3 is 0 Å². The molecule has 1 heterocycles. The van der Waals surface area contributed by atoms with E-state index >= 15 is 0 Å². The molecule has 0 aliphatic heterocycles. The molecule has 2 aromatic rings. The van der Waals surface area contributed by atoms with E-state index in [1.165, 1.54) is 0 Å². The number of nitrogens with one attached hydrogen (secondary N) is 2. The normalized spacial score (nSPS) is 12.2. The van der Waals surface area contributed by atoms with E-state index in [-0.39, 0.29) is 0 Å². The molecule has 0 radical (unpaired) electrons. The van der Waals surface area contributed by atoms with E-state index in [1.54, 1.807) is 4.90 Å². The second-order valence-corrected chi connectivity index (χ2v) is 5.26. The Bertz CT molecular complexity index is 444. The molecule has 0 amide bonds. The fourth-order valence-corrected chi connectivity index (χ4v) is 2.36. The first-order valence-electron chi connectivity index (χ1n) is 6.37. The van der Waals surface area contributed by atoms with Crippen molar-refractivity contribution < 1.29 is 4.90 Å². The highest BCUT2D eigenvalue weighted by Crippen LogP contribution is 2.09. The Morgan fingerprint density at radius 2 is 1.76 bits per heavy atom. The van der Waals surface area contributed by atoms with Gasteiger partial charge in [-0.25, -0.2) is 4.98 Å². The lowest BCUT2D eigenvalue weighted by atomic mass is 10.2. The first-order chi connectivity index (χ1) is 8.08. The molecule has 0 aliphatic rings. The monoisotopic (exact) mass is 232 g/mol. The molecule has 3 heteroatoms. The number of H-pyrrole nitrogens is 1. The minimum absolute atomic E-state index is 0.614. The summed E-state index contributed by atoms with van der Waals surface area (Å²) in [4.78, 5) is 9.60. The van der Waals surface area contributed by atoms with Gasteiger partial charge in [0, 0.05) is 0 Å². The smallest absolute Gasteiger partial charge is 0.162 e. The van der Waals surface area contributed by atoms with E-state index in [0.29, 0.717) is 12.1 Å². The Balaban J connectivity index is 2.22. The van der Waals surface area contributed by atoms with E-state index in [4.69, 9.17) is 0 Å². The summed E-state index contributed by atoms with van der Waals surface area (Å²) < 4.78 is 0. The number of aromatic nitrogens is 2. The van der Waals surface area contributed by atoms with E-state index in [1.807, 2.05) is 12.1 Å². The molecule has 0 fully saturated rings. The van der Waals surface area contributed by atoms with Crippen molar-refractivity contribution in [2.75, 3.05) is 0 Å². The zero-order valence-electron chi connectivity index (χ0n) is 11.1. The molecular formula is C14H22N3+. The highest BCUT2D eigenvalue weighted by molar-refractivity contribution is 5.74. The summed E-state index contributed by atoms with van der Waals surface area (Å²) in [6.07, 6.45) is 0. The number of aromatic amines is 1. The zero-order valence-corrected chi connectivity index (χ0v) is 11.1.